The first-order valence-electron chi connectivity index (χ1n) is 3.81. The van der Waals surface area contributed by atoms with E-state index in [1.807, 2.05) is 33.0 Å². The van der Waals surface area contributed by atoms with Crippen molar-refractivity contribution in [2.45, 2.75) is 20.8 Å². The van der Waals surface area contributed by atoms with Gasteiger partial charge in [-0.15, -0.1) is 0 Å². The average Bonchev–Trinajstić information content (AvgIpc) is 1.96. The minimum absolute atomic E-state index is 0.696. The number of aromatic nitrogens is 1. The fourth-order valence-corrected chi connectivity index (χ4v) is 1.06. The molecule has 12 heavy (non-hydrogen) atoms. The molecule has 0 radical (unpaired) electrons. The molecular weight excluding hydrogens is 168 g/mol. The molecule has 1 heterocycles. The van der Waals surface area contributed by atoms with Crippen molar-refractivity contribution in [2.75, 3.05) is 0 Å². The zero-order valence-corrected chi connectivity index (χ0v) is 8.33. The Hall–Kier alpha value is -0.960. The molecule has 0 bridgehead atoms. The van der Waals surface area contributed by atoms with E-state index < -0.39 is 0 Å². The molecule has 3 heteroatoms. The van der Waals surface area contributed by atoms with Gasteiger partial charge >= 0.3 is 0 Å². The lowest BCUT2D eigenvalue weighted by Gasteiger charge is -1.97. The molecule has 1 aromatic heterocycles. The van der Waals surface area contributed by atoms with E-state index in [-0.39, 0.29) is 0 Å². The number of hydrogen-bond donors (Lipinski definition) is 1. The summed E-state index contributed by atoms with van der Waals surface area (Å²) in [7, 11) is 0. The molecular formula is C9H12N2S. The van der Waals surface area contributed by atoms with E-state index in [1.54, 1.807) is 0 Å². The number of nitrogens with one attached hydrogen (secondary N) is 1. The smallest absolute Gasteiger partial charge is 0.129 e. The van der Waals surface area contributed by atoms with Gasteiger partial charge in [0.05, 0.1) is 5.69 Å². The van der Waals surface area contributed by atoms with Crippen molar-refractivity contribution >= 4 is 23.6 Å². The summed E-state index contributed by atoms with van der Waals surface area (Å²) in [6.45, 7) is 5.92. The van der Waals surface area contributed by atoms with Crippen molar-refractivity contribution in [3.8, 4) is 0 Å². The maximum Gasteiger partial charge on any atom is 0.129 e. The van der Waals surface area contributed by atoms with Crippen molar-refractivity contribution in [3.05, 3.63) is 22.5 Å². The zero-order chi connectivity index (χ0) is 9.14. The van der Waals surface area contributed by atoms with Gasteiger partial charge in [0.1, 0.15) is 4.64 Å². The molecule has 0 aliphatic rings. The predicted octanol–water partition coefficient (Wildman–Crippen LogP) is 3.16. The van der Waals surface area contributed by atoms with Crippen LogP contribution in [0.5, 0.6) is 0 Å². The Balaban J connectivity index is 3.24. The van der Waals surface area contributed by atoms with Crippen LogP contribution in [0.25, 0.3) is 0 Å². The van der Waals surface area contributed by atoms with Crippen LogP contribution >= 0.6 is 12.2 Å². The third kappa shape index (κ3) is 2.27. The average molecular weight is 180 g/mol. The van der Waals surface area contributed by atoms with Gasteiger partial charge in [0.2, 0.25) is 0 Å². The van der Waals surface area contributed by atoms with Crippen LogP contribution < -0.4 is 0 Å². The summed E-state index contributed by atoms with van der Waals surface area (Å²) in [6.07, 6.45) is 1.88. The van der Waals surface area contributed by atoms with Crippen LogP contribution in [0.3, 0.4) is 0 Å². The van der Waals surface area contributed by atoms with E-state index in [0.29, 0.717) is 4.64 Å². The van der Waals surface area contributed by atoms with Crippen molar-refractivity contribution in [3.63, 3.8) is 0 Å². The number of hydrogen-bond acceptors (Lipinski definition) is 2. The van der Waals surface area contributed by atoms with Gasteiger partial charge in [0, 0.05) is 11.9 Å². The summed E-state index contributed by atoms with van der Waals surface area (Å²) in [6, 6.07) is 1.98. The number of aromatic amines is 1. The van der Waals surface area contributed by atoms with Crippen LogP contribution in [-0.2, 0) is 0 Å². The van der Waals surface area contributed by atoms with Crippen molar-refractivity contribution in [2.24, 2.45) is 4.99 Å². The Morgan fingerprint density at radius 2 is 2.17 bits per heavy atom. The lowest BCUT2D eigenvalue weighted by Crippen LogP contribution is -1.82. The number of nitrogens with zero attached hydrogens (tertiary/aromatic N) is 1. The molecule has 0 fully saturated rings. The maximum absolute atomic E-state index is 5.07. The standard InChI is InChI=1S/C9H12N2S/c1-6(2)11-8-4-7(3)5-10-9(8)12/h4-5H,1-3H3,(H,10,12). The molecule has 0 aliphatic heterocycles. The zero-order valence-electron chi connectivity index (χ0n) is 7.51. The lowest BCUT2D eigenvalue weighted by atomic mass is 10.3. The predicted molar refractivity (Wildman–Crippen MR) is 54.8 cm³/mol. The van der Waals surface area contributed by atoms with Gasteiger partial charge in [0.15, 0.2) is 0 Å². The van der Waals surface area contributed by atoms with Gasteiger partial charge < -0.3 is 4.98 Å². The fraction of sp³-hybridized carbons (Fsp3) is 0.333. The molecule has 0 saturated carbocycles. The number of aliphatic imine (C=N–C) groups is 1. The molecule has 0 unspecified atom stereocenters. The van der Waals surface area contributed by atoms with Gasteiger partial charge in [-0.1, -0.05) is 12.2 Å². The third-order valence-corrected chi connectivity index (χ3v) is 1.70. The monoisotopic (exact) mass is 180 g/mol. The second-order valence-electron chi connectivity index (χ2n) is 2.95. The highest BCUT2D eigenvalue weighted by Gasteiger charge is 1.93. The fourth-order valence-electron chi connectivity index (χ4n) is 0.900. The molecule has 0 saturated heterocycles. The van der Waals surface area contributed by atoms with Crippen LogP contribution in [0, 0.1) is 11.6 Å². The quantitative estimate of drug-likeness (QED) is 0.522. The van der Waals surface area contributed by atoms with Crippen LogP contribution in [0.4, 0.5) is 5.69 Å². The van der Waals surface area contributed by atoms with Gasteiger partial charge in [0.25, 0.3) is 0 Å². The summed E-state index contributed by atoms with van der Waals surface area (Å²) >= 11 is 5.07. The van der Waals surface area contributed by atoms with Crippen LogP contribution in [0.1, 0.15) is 19.4 Å². The first-order valence-corrected chi connectivity index (χ1v) is 4.21. The summed E-state index contributed by atoms with van der Waals surface area (Å²) in [4.78, 5) is 7.28. The summed E-state index contributed by atoms with van der Waals surface area (Å²) in [5, 5.41) is 0. The second kappa shape index (κ2) is 3.63. The molecule has 1 rings (SSSR count). The lowest BCUT2D eigenvalue weighted by molar-refractivity contribution is 1.23. The van der Waals surface area contributed by atoms with E-state index in [0.717, 1.165) is 17.0 Å². The number of pyridine rings is 1. The Morgan fingerprint density at radius 1 is 1.50 bits per heavy atom. The largest absolute Gasteiger partial charge is 0.351 e. The first kappa shape index (κ1) is 9.13. The Bertz CT molecular complexity index is 359. The highest BCUT2D eigenvalue weighted by atomic mass is 32.1. The van der Waals surface area contributed by atoms with E-state index in [9.17, 15) is 0 Å². The number of aryl methyl sites for hydroxylation is 1. The maximum atomic E-state index is 5.07. The highest BCUT2D eigenvalue weighted by Crippen LogP contribution is 2.14. The van der Waals surface area contributed by atoms with Gasteiger partial charge in [-0.3, -0.25) is 4.99 Å². The topological polar surface area (TPSA) is 28.1 Å². The summed E-state index contributed by atoms with van der Waals surface area (Å²) < 4.78 is 0.696. The molecule has 64 valence electrons. The molecule has 1 N–H and O–H groups in total. The SMILES string of the molecule is CC(C)=Nc1cc(C)c[nH]c1=S. The summed E-state index contributed by atoms with van der Waals surface area (Å²) in [5.74, 6) is 0. The molecule has 0 aromatic carbocycles. The Kier molecular flexibility index (Phi) is 2.76. The van der Waals surface area contributed by atoms with Gasteiger partial charge in [-0.2, -0.15) is 0 Å². The molecule has 2 nitrogen and oxygen atoms in total. The Labute approximate surface area is 77.4 Å². The number of rotatable bonds is 1. The Morgan fingerprint density at radius 3 is 2.75 bits per heavy atom. The van der Waals surface area contributed by atoms with Crippen molar-refractivity contribution in [1.29, 1.82) is 0 Å². The van der Waals surface area contributed by atoms with E-state index in [4.69, 9.17) is 12.2 Å². The molecule has 0 amide bonds. The van der Waals surface area contributed by atoms with Gasteiger partial charge in [-0.05, 0) is 32.4 Å². The number of H-pyrrole nitrogens is 1. The second-order valence-corrected chi connectivity index (χ2v) is 3.36. The van der Waals surface area contributed by atoms with E-state index in [1.165, 1.54) is 0 Å². The minimum Gasteiger partial charge on any atom is -0.351 e. The first-order chi connectivity index (χ1) is 5.59. The van der Waals surface area contributed by atoms with Gasteiger partial charge in [-0.25, -0.2) is 0 Å². The highest BCUT2D eigenvalue weighted by molar-refractivity contribution is 7.71. The molecule has 0 aliphatic carbocycles. The van der Waals surface area contributed by atoms with Crippen molar-refractivity contribution < 1.29 is 0 Å². The van der Waals surface area contributed by atoms with E-state index >= 15 is 0 Å². The normalized spacial score (nSPS) is 9.58. The van der Waals surface area contributed by atoms with E-state index in [2.05, 4.69) is 9.98 Å². The molecule has 0 spiro atoms. The van der Waals surface area contributed by atoms with Crippen molar-refractivity contribution in [1.82, 2.24) is 4.98 Å². The van der Waals surface area contributed by atoms with Crippen LogP contribution in [0.15, 0.2) is 17.3 Å². The minimum atomic E-state index is 0.696. The molecule has 1 aromatic rings. The third-order valence-electron chi connectivity index (χ3n) is 1.37. The molecule has 0 atom stereocenters. The van der Waals surface area contributed by atoms with Crippen LogP contribution in [0.2, 0.25) is 0 Å². The summed E-state index contributed by atoms with van der Waals surface area (Å²) in [5.41, 5.74) is 3.01. The van der Waals surface area contributed by atoms with Crippen LogP contribution in [-0.4, -0.2) is 10.7 Å².